The lowest BCUT2D eigenvalue weighted by Gasteiger charge is -2.28. The van der Waals surface area contributed by atoms with Crippen molar-refractivity contribution in [3.05, 3.63) is 103 Å². The van der Waals surface area contributed by atoms with Crippen LogP contribution < -0.4 is 15.6 Å². The summed E-state index contributed by atoms with van der Waals surface area (Å²) >= 11 is 0. The van der Waals surface area contributed by atoms with Crippen LogP contribution in [0.2, 0.25) is 0 Å². The van der Waals surface area contributed by atoms with E-state index in [1.165, 1.54) is 43.7 Å². The first-order valence-corrected chi connectivity index (χ1v) is 12.2. The molecular formula is C29H27NO8. The zero-order valence-electron chi connectivity index (χ0n) is 21.1. The monoisotopic (exact) mass is 517 g/mol. The minimum Gasteiger partial charge on any atom is -0.502 e. The van der Waals surface area contributed by atoms with E-state index in [0.717, 1.165) is 13.0 Å². The number of rotatable bonds is 7. The first-order chi connectivity index (χ1) is 18.4. The van der Waals surface area contributed by atoms with Crippen molar-refractivity contribution in [3.63, 3.8) is 0 Å². The van der Waals surface area contributed by atoms with Gasteiger partial charge in [0.25, 0.3) is 0 Å². The van der Waals surface area contributed by atoms with Crippen molar-refractivity contribution in [2.45, 2.75) is 31.8 Å². The van der Waals surface area contributed by atoms with Crippen molar-refractivity contribution in [2.24, 2.45) is 0 Å². The van der Waals surface area contributed by atoms with E-state index in [0.29, 0.717) is 30.2 Å². The van der Waals surface area contributed by atoms with Crippen LogP contribution in [-0.2, 0) is 29.0 Å². The molecule has 0 aliphatic carbocycles. The molecule has 2 aromatic carbocycles. The number of hydrogen-bond donors (Lipinski definition) is 1. The topological polar surface area (TPSA) is 119 Å². The second-order valence-corrected chi connectivity index (χ2v) is 9.23. The second-order valence-electron chi connectivity index (χ2n) is 9.23. The quantitative estimate of drug-likeness (QED) is 0.366. The lowest BCUT2D eigenvalue weighted by molar-refractivity contribution is -0.140. The standard InChI is InChI=1S/C29H27NO8/c1-35-19-7-8-25-22(11-19)27(33)23(16-37-25)21(13-26(32)36-2)29-28(34)24(31)12-20(38-29)15-30-10-9-17-5-3-4-6-18(17)14-30/h3-8,11-12,16,21,34H,9-10,13-15H2,1-2H3. The summed E-state index contributed by atoms with van der Waals surface area (Å²) in [6.07, 6.45) is 1.73. The molecule has 38 heavy (non-hydrogen) atoms. The number of nitrogens with zero attached hydrogens (tertiary/aromatic N) is 1. The maximum Gasteiger partial charge on any atom is 0.306 e. The van der Waals surface area contributed by atoms with Gasteiger partial charge in [-0.3, -0.25) is 19.3 Å². The van der Waals surface area contributed by atoms with Gasteiger partial charge >= 0.3 is 5.97 Å². The van der Waals surface area contributed by atoms with E-state index in [9.17, 15) is 19.5 Å². The summed E-state index contributed by atoms with van der Waals surface area (Å²) in [6.45, 7) is 1.75. The summed E-state index contributed by atoms with van der Waals surface area (Å²) in [5.74, 6) is -1.87. The molecule has 9 nitrogen and oxygen atoms in total. The maximum atomic E-state index is 13.5. The Kier molecular flexibility index (Phi) is 7.02. The van der Waals surface area contributed by atoms with Gasteiger partial charge in [0.15, 0.2) is 11.2 Å². The van der Waals surface area contributed by atoms with Crippen molar-refractivity contribution < 1.29 is 28.2 Å². The Morgan fingerprint density at radius 3 is 2.66 bits per heavy atom. The van der Waals surface area contributed by atoms with Gasteiger partial charge in [-0.05, 0) is 35.7 Å². The normalized spacial score (nSPS) is 14.2. The van der Waals surface area contributed by atoms with Gasteiger partial charge in [0.05, 0.1) is 44.8 Å². The fraction of sp³-hybridized carbons (Fsp3) is 0.276. The van der Waals surface area contributed by atoms with Crippen LogP contribution in [0.4, 0.5) is 0 Å². The number of fused-ring (bicyclic) bond motifs is 2. The van der Waals surface area contributed by atoms with Crippen molar-refractivity contribution in [1.29, 1.82) is 0 Å². The van der Waals surface area contributed by atoms with Gasteiger partial charge < -0.3 is 23.4 Å². The Bertz CT molecular complexity index is 1620. The number of methoxy groups -OCH3 is 2. The predicted octanol–water partition coefficient (Wildman–Crippen LogP) is 3.71. The molecule has 1 N–H and O–H groups in total. The van der Waals surface area contributed by atoms with Crippen LogP contribution in [0.25, 0.3) is 11.0 Å². The van der Waals surface area contributed by atoms with Crippen molar-refractivity contribution in [2.75, 3.05) is 20.8 Å². The molecule has 0 amide bonds. The van der Waals surface area contributed by atoms with Crippen LogP contribution >= 0.6 is 0 Å². The SMILES string of the molecule is COC(=O)CC(c1oc(CN2CCc3ccccc3C2)cc(=O)c1O)c1coc2ccc(OC)cc2c1=O. The first kappa shape index (κ1) is 25.3. The summed E-state index contributed by atoms with van der Waals surface area (Å²) in [5, 5.41) is 11.0. The van der Waals surface area contributed by atoms with Crippen molar-refractivity contribution in [3.8, 4) is 11.5 Å². The number of esters is 1. The molecule has 9 heteroatoms. The molecule has 1 unspecified atom stereocenters. The van der Waals surface area contributed by atoms with Gasteiger partial charge in [-0.15, -0.1) is 0 Å². The van der Waals surface area contributed by atoms with E-state index in [-0.39, 0.29) is 23.1 Å². The van der Waals surface area contributed by atoms with Crippen LogP contribution in [-0.4, -0.2) is 36.7 Å². The number of aromatic hydroxyl groups is 1. The molecule has 1 atom stereocenters. The van der Waals surface area contributed by atoms with E-state index in [1.54, 1.807) is 12.1 Å². The first-order valence-electron chi connectivity index (χ1n) is 12.2. The molecular weight excluding hydrogens is 490 g/mol. The smallest absolute Gasteiger partial charge is 0.306 e. The van der Waals surface area contributed by atoms with E-state index < -0.39 is 28.5 Å². The summed E-state index contributed by atoms with van der Waals surface area (Å²) in [4.78, 5) is 40.8. The third-order valence-corrected chi connectivity index (χ3v) is 6.89. The van der Waals surface area contributed by atoms with Crippen molar-refractivity contribution in [1.82, 2.24) is 4.90 Å². The highest BCUT2D eigenvalue weighted by Crippen LogP contribution is 2.33. The average Bonchev–Trinajstić information content (AvgIpc) is 2.94. The number of carbonyl (C=O) groups excluding carboxylic acids is 1. The highest BCUT2D eigenvalue weighted by Gasteiger charge is 2.30. The van der Waals surface area contributed by atoms with Gasteiger partial charge in [-0.2, -0.15) is 0 Å². The number of ether oxygens (including phenoxy) is 2. The fourth-order valence-corrected chi connectivity index (χ4v) is 4.87. The van der Waals surface area contributed by atoms with Crippen molar-refractivity contribution >= 4 is 16.9 Å². The summed E-state index contributed by atoms with van der Waals surface area (Å²) < 4.78 is 21.8. The molecule has 1 aliphatic rings. The zero-order valence-corrected chi connectivity index (χ0v) is 21.1. The number of benzene rings is 2. The van der Waals surface area contributed by atoms with Gasteiger partial charge in [-0.1, -0.05) is 24.3 Å². The molecule has 1 aliphatic heterocycles. The molecule has 0 bridgehead atoms. The molecule has 3 heterocycles. The summed E-state index contributed by atoms with van der Waals surface area (Å²) in [5.41, 5.74) is 1.74. The lowest BCUT2D eigenvalue weighted by Crippen LogP contribution is -2.30. The van der Waals surface area contributed by atoms with E-state index >= 15 is 0 Å². The third-order valence-electron chi connectivity index (χ3n) is 6.89. The van der Waals surface area contributed by atoms with E-state index in [1.807, 2.05) is 12.1 Å². The molecule has 5 rings (SSSR count). The number of carbonyl (C=O) groups is 1. The van der Waals surface area contributed by atoms with E-state index in [4.69, 9.17) is 18.3 Å². The number of hydrogen-bond acceptors (Lipinski definition) is 9. The van der Waals surface area contributed by atoms with Crippen LogP contribution in [0.1, 0.15) is 40.5 Å². The summed E-state index contributed by atoms with van der Waals surface area (Å²) in [6, 6.07) is 14.2. The Morgan fingerprint density at radius 1 is 1.11 bits per heavy atom. The zero-order chi connectivity index (χ0) is 26.8. The van der Waals surface area contributed by atoms with Crippen LogP contribution in [0.15, 0.2) is 73.2 Å². The minimum atomic E-state index is -1.12. The van der Waals surface area contributed by atoms with Crippen LogP contribution in [0.3, 0.4) is 0 Å². The molecule has 0 fully saturated rings. The van der Waals surface area contributed by atoms with Crippen LogP contribution in [0.5, 0.6) is 11.5 Å². The molecule has 2 aromatic heterocycles. The Labute approximate surface area is 217 Å². The highest BCUT2D eigenvalue weighted by molar-refractivity contribution is 5.79. The molecule has 196 valence electrons. The molecule has 0 spiro atoms. The fourth-order valence-electron chi connectivity index (χ4n) is 4.87. The molecule has 0 saturated carbocycles. The minimum absolute atomic E-state index is 0.0404. The lowest BCUT2D eigenvalue weighted by atomic mass is 9.92. The Balaban J connectivity index is 1.56. The molecule has 0 saturated heterocycles. The second kappa shape index (κ2) is 10.5. The Morgan fingerprint density at radius 2 is 1.89 bits per heavy atom. The highest BCUT2D eigenvalue weighted by atomic mass is 16.5. The molecule has 4 aromatic rings. The van der Waals surface area contributed by atoms with Gasteiger partial charge in [0, 0.05) is 24.7 Å². The maximum absolute atomic E-state index is 13.5. The third kappa shape index (κ3) is 4.92. The van der Waals surface area contributed by atoms with Gasteiger partial charge in [0.2, 0.25) is 11.2 Å². The largest absolute Gasteiger partial charge is 0.502 e. The van der Waals surface area contributed by atoms with Crippen LogP contribution in [0, 0.1) is 0 Å². The Hall–Kier alpha value is -4.37. The summed E-state index contributed by atoms with van der Waals surface area (Å²) in [7, 11) is 2.69. The molecule has 0 radical (unpaired) electrons. The van der Waals surface area contributed by atoms with Gasteiger partial charge in [0.1, 0.15) is 17.1 Å². The average molecular weight is 518 g/mol. The predicted molar refractivity (Wildman–Crippen MR) is 138 cm³/mol. The van der Waals surface area contributed by atoms with E-state index in [2.05, 4.69) is 17.0 Å². The van der Waals surface area contributed by atoms with Gasteiger partial charge in [-0.25, -0.2) is 0 Å².